The van der Waals surface area contributed by atoms with Crippen LogP contribution in [0.15, 0.2) is 24.3 Å². The van der Waals surface area contributed by atoms with E-state index in [9.17, 15) is 5.11 Å². The van der Waals surface area contributed by atoms with Gasteiger partial charge >= 0.3 is 0 Å². The summed E-state index contributed by atoms with van der Waals surface area (Å²) >= 11 is 5.96. The monoisotopic (exact) mass is 295 g/mol. The average Bonchev–Trinajstić information content (AvgIpc) is 3.14. The van der Waals surface area contributed by atoms with E-state index in [1.54, 1.807) is 0 Å². The standard InChI is InChI=1S/C17H26ClNO/c1-12(2)10-17(3,20)11-19-16(13-4-5-13)14-6-8-15(18)9-7-14/h6-9,12-13,16,19-20H,4-5,10-11H2,1-3H3. The van der Waals surface area contributed by atoms with Crippen molar-refractivity contribution in [1.29, 1.82) is 0 Å². The van der Waals surface area contributed by atoms with Gasteiger partial charge in [-0.15, -0.1) is 0 Å². The molecule has 1 aromatic carbocycles. The molecule has 1 saturated carbocycles. The van der Waals surface area contributed by atoms with Gasteiger partial charge in [-0.1, -0.05) is 37.6 Å². The Kier molecular flexibility index (Phi) is 5.11. The fourth-order valence-corrected chi connectivity index (χ4v) is 3.06. The third-order valence-electron chi connectivity index (χ3n) is 3.87. The molecule has 2 atom stereocenters. The van der Waals surface area contributed by atoms with Crippen molar-refractivity contribution in [1.82, 2.24) is 5.32 Å². The second-order valence-corrected chi connectivity index (χ2v) is 7.28. The highest BCUT2D eigenvalue weighted by Crippen LogP contribution is 2.41. The predicted molar refractivity (Wildman–Crippen MR) is 85.0 cm³/mol. The lowest BCUT2D eigenvalue weighted by atomic mass is 9.93. The molecule has 0 heterocycles. The van der Waals surface area contributed by atoms with Gasteiger partial charge in [0.05, 0.1) is 5.60 Å². The molecule has 0 saturated heterocycles. The van der Waals surface area contributed by atoms with Crippen LogP contribution < -0.4 is 5.32 Å². The quantitative estimate of drug-likeness (QED) is 0.791. The summed E-state index contributed by atoms with van der Waals surface area (Å²) < 4.78 is 0. The van der Waals surface area contributed by atoms with Gasteiger partial charge < -0.3 is 10.4 Å². The van der Waals surface area contributed by atoms with E-state index in [2.05, 4.69) is 31.3 Å². The first kappa shape index (κ1) is 15.8. The maximum Gasteiger partial charge on any atom is 0.0746 e. The fourth-order valence-electron chi connectivity index (χ4n) is 2.94. The van der Waals surface area contributed by atoms with E-state index in [4.69, 9.17) is 11.6 Å². The van der Waals surface area contributed by atoms with Crippen LogP contribution in [-0.2, 0) is 0 Å². The lowest BCUT2D eigenvalue weighted by molar-refractivity contribution is 0.0351. The molecule has 1 aromatic rings. The second-order valence-electron chi connectivity index (χ2n) is 6.84. The van der Waals surface area contributed by atoms with E-state index in [0.717, 1.165) is 11.4 Å². The smallest absolute Gasteiger partial charge is 0.0746 e. The highest BCUT2D eigenvalue weighted by atomic mass is 35.5. The molecule has 0 spiro atoms. The predicted octanol–water partition coefficient (Wildman–Crippen LogP) is 4.18. The zero-order chi connectivity index (χ0) is 14.8. The Morgan fingerprint density at radius 3 is 2.40 bits per heavy atom. The highest BCUT2D eigenvalue weighted by Gasteiger charge is 2.33. The SMILES string of the molecule is CC(C)CC(C)(O)CNC(c1ccc(Cl)cc1)C1CC1. The van der Waals surface area contributed by atoms with Crippen molar-refractivity contribution >= 4 is 11.6 Å². The summed E-state index contributed by atoms with van der Waals surface area (Å²) in [6, 6.07) is 8.41. The normalized spacial score (nSPS) is 19.9. The molecular formula is C17H26ClNO. The Balaban J connectivity index is 1.98. The Morgan fingerprint density at radius 1 is 1.30 bits per heavy atom. The van der Waals surface area contributed by atoms with E-state index < -0.39 is 5.60 Å². The fraction of sp³-hybridized carbons (Fsp3) is 0.647. The second kappa shape index (κ2) is 6.46. The van der Waals surface area contributed by atoms with Gasteiger partial charge in [-0.05, 0) is 55.7 Å². The Hall–Kier alpha value is -0.570. The molecule has 0 aromatic heterocycles. The summed E-state index contributed by atoms with van der Waals surface area (Å²) in [5.41, 5.74) is 0.630. The van der Waals surface area contributed by atoms with E-state index in [1.165, 1.54) is 18.4 Å². The number of hydrogen-bond acceptors (Lipinski definition) is 2. The third kappa shape index (κ3) is 4.76. The van der Waals surface area contributed by atoms with Gasteiger partial charge in [-0.3, -0.25) is 0 Å². The highest BCUT2D eigenvalue weighted by molar-refractivity contribution is 6.30. The molecular weight excluding hydrogens is 270 g/mol. The number of nitrogens with one attached hydrogen (secondary N) is 1. The molecule has 0 bridgehead atoms. The van der Waals surface area contributed by atoms with Crippen molar-refractivity contribution in [3.8, 4) is 0 Å². The maximum atomic E-state index is 10.4. The van der Waals surface area contributed by atoms with Gasteiger partial charge in [0.15, 0.2) is 0 Å². The van der Waals surface area contributed by atoms with Crippen LogP contribution in [-0.4, -0.2) is 17.3 Å². The van der Waals surface area contributed by atoms with Crippen LogP contribution in [0.25, 0.3) is 0 Å². The van der Waals surface area contributed by atoms with E-state index in [1.807, 2.05) is 19.1 Å². The first-order valence-electron chi connectivity index (χ1n) is 7.58. The summed E-state index contributed by atoms with van der Waals surface area (Å²) in [6.45, 7) is 6.85. The summed E-state index contributed by atoms with van der Waals surface area (Å²) in [5.74, 6) is 1.20. The van der Waals surface area contributed by atoms with Crippen LogP contribution in [0.4, 0.5) is 0 Å². The number of hydrogen-bond donors (Lipinski definition) is 2. The molecule has 2 nitrogen and oxygen atoms in total. The molecule has 1 aliphatic carbocycles. The van der Waals surface area contributed by atoms with Crippen molar-refractivity contribution < 1.29 is 5.11 Å². The van der Waals surface area contributed by atoms with Crippen LogP contribution in [0.3, 0.4) is 0 Å². The molecule has 2 rings (SSSR count). The Labute approximate surface area is 127 Å². The number of rotatable bonds is 7. The van der Waals surface area contributed by atoms with E-state index in [0.29, 0.717) is 24.4 Å². The van der Waals surface area contributed by atoms with Crippen molar-refractivity contribution in [3.63, 3.8) is 0 Å². The van der Waals surface area contributed by atoms with Gasteiger partial charge in [-0.25, -0.2) is 0 Å². The van der Waals surface area contributed by atoms with Crippen LogP contribution in [0, 0.1) is 11.8 Å². The summed E-state index contributed by atoms with van der Waals surface area (Å²) in [7, 11) is 0. The lowest BCUT2D eigenvalue weighted by Gasteiger charge is -2.29. The minimum atomic E-state index is -0.645. The van der Waals surface area contributed by atoms with Gasteiger partial charge in [0.25, 0.3) is 0 Å². The molecule has 3 heteroatoms. The van der Waals surface area contributed by atoms with Crippen LogP contribution in [0.5, 0.6) is 0 Å². The van der Waals surface area contributed by atoms with Crippen molar-refractivity contribution in [2.45, 2.75) is 51.7 Å². The molecule has 2 unspecified atom stereocenters. The van der Waals surface area contributed by atoms with Crippen molar-refractivity contribution in [2.75, 3.05) is 6.54 Å². The molecule has 0 radical (unpaired) electrons. The van der Waals surface area contributed by atoms with E-state index >= 15 is 0 Å². The zero-order valence-corrected chi connectivity index (χ0v) is 13.5. The van der Waals surface area contributed by atoms with Crippen molar-refractivity contribution in [3.05, 3.63) is 34.9 Å². The van der Waals surface area contributed by atoms with Crippen LogP contribution >= 0.6 is 11.6 Å². The average molecular weight is 296 g/mol. The van der Waals surface area contributed by atoms with Crippen molar-refractivity contribution in [2.24, 2.45) is 11.8 Å². The zero-order valence-electron chi connectivity index (χ0n) is 12.7. The molecule has 112 valence electrons. The molecule has 2 N–H and O–H groups in total. The lowest BCUT2D eigenvalue weighted by Crippen LogP contribution is -2.41. The van der Waals surface area contributed by atoms with Gasteiger partial charge in [0, 0.05) is 17.6 Å². The molecule has 1 aliphatic rings. The minimum Gasteiger partial charge on any atom is -0.389 e. The van der Waals surface area contributed by atoms with E-state index in [-0.39, 0.29) is 0 Å². The molecule has 1 fully saturated rings. The minimum absolute atomic E-state index is 0.339. The molecule has 0 amide bonds. The first-order valence-corrected chi connectivity index (χ1v) is 7.96. The Morgan fingerprint density at radius 2 is 1.90 bits per heavy atom. The molecule has 0 aliphatic heterocycles. The molecule has 20 heavy (non-hydrogen) atoms. The Bertz CT molecular complexity index is 423. The van der Waals surface area contributed by atoms with Crippen LogP contribution in [0.2, 0.25) is 5.02 Å². The topological polar surface area (TPSA) is 32.3 Å². The number of benzene rings is 1. The van der Waals surface area contributed by atoms with Gasteiger partial charge in [0.1, 0.15) is 0 Å². The largest absolute Gasteiger partial charge is 0.389 e. The number of halogens is 1. The van der Waals surface area contributed by atoms with Gasteiger partial charge in [0.2, 0.25) is 0 Å². The van der Waals surface area contributed by atoms with Gasteiger partial charge in [-0.2, -0.15) is 0 Å². The maximum absolute atomic E-state index is 10.4. The third-order valence-corrected chi connectivity index (χ3v) is 4.13. The first-order chi connectivity index (χ1) is 9.37. The van der Waals surface area contributed by atoms with Crippen LogP contribution in [0.1, 0.15) is 51.6 Å². The summed E-state index contributed by atoms with van der Waals surface area (Å²) in [6.07, 6.45) is 3.36. The summed E-state index contributed by atoms with van der Waals surface area (Å²) in [4.78, 5) is 0. The summed E-state index contributed by atoms with van der Waals surface area (Å²) in [5, 5.41) is 14.8. The number of aliphatic hydroxyl groups is 1.